The van der Waals surface area contributed by atoms with Crippen molar-refractivity contribution in [1.29, 1.82) is 0 Å². The second-order valence-corrected chi connectivity index (χ2v) is 6.27. The van der Waals surface area contributed by atoms with Crippen molar-refractivity contribution in [2.75, 3.05) is 7.05 Å². The lowest BCUT2D eigenvalue weighted by atomic mass is 9.93. The van der Waals surface area contributed by atoms with Crippen molar-refractivity contribution in [2.24, 2.45) is 0 Å². The Kier molecular flexibility index (Phi) is 4.01. The highest BCUT2D eigenvalue weighted by Gasteiger charge is 2.28. The summed E-state index contributed by atoms with van der Waals surface area (Å²) in [4.78, 5) is 0. The van der Waals surface area contributed by atoms with Crippen molar-refractivity contribution in [1.82, 2.24) is 5.32 Å². The molecule has 0 radical (unpaired) electrons. The second-order valence-electron chi connectivity index (χ2n) is 4.92. The summed E-state index contributed by atoms with van der Waals surface area (Å²) in [6.07, 6.45) is 0.917. The predicted octanol–water partition coefficient (Wildman–Crippen LogP) is 4.89. The first-order valence-electron chi connectivity index (χ1n) is 6.56. The number of hydrogen-bond donors (Lipinski definition) is 1. The molecule has 2 atom stereocenters. The van der Waals surface area contributed by atoms with Crippen LogP contribution in [-0.4, -0.2) is 7.05 Å². The normalized spacial score (nSPS) is 21.1. The van der Waals surface area contributed by atoms with E-state index in [1.54, 1.807) is 0 Å². The lowest BCUT2D eigenvalue weighted by molar-refractivity contribution is 0.154. The molecule has 0 saturated heterocycles. The Hall–Kier alpha value is -1.03. The molecule has 3 rings (SSSR count). The standard InChI is InChI=1S/C16H15BrClNO/c1-19-14-9-16(10-3-2-4-12(18)7-10)20-15-6-5-11(17)8-13(14)15/h2-8,14,16,19H,9H2,1H3. The van der Waals surface area contributed by atoms with Gasteiger partial charge >= 0.3 is 0 Å². The fourth-order valence-corrected chi connectivity index (χ4v) is 3.20. The number of nitrogens with one attached hydrogen (secondary N) is 1. The first-order valence-corrected chi connectivity index (χ1v) is 7.73. The van der Waals surface area contributed by atoms with Crippen molar-refractivity contribution in [3.05, 3.63) is 63.1 Å². The SMILES string of the molecule is CNC1CC(c2cccc(Cl)c2)Oc2ccc(Br)cc21. The van der Waals surface area contributed by atoms with Gasteiger partial charge in [-0.15, -0.1) is 0 Å². The van der Waals surface area contributed by atoms with E-state index in [-0.39, 0.29) is 12.1 Å². The maximum atomic E-state index is 6.14. The van der Waals surface area contributed by atoms with Crippen LogP contribution in [0.4, 0.5) is 0 Å². The van der Waals surface area contributed by atoms with Crippen LogP contribution in [0.1, 0.15) is 29.7 Å². The maximum Gasteiger partial charge on any atom is 0.126 e. The summed E-state index contributed by atoms with van der Waals surface area (Å²) in [5.41, 5.74) is 2.31. The Morgan fingerprint density at radius 3 is 2.85 bits per heavy atom. The van der Waals surface area contributed by atoms with Gasteiger partial charge in [0.05, 0.1) is 0 Å². The molecule has 104 valence electrons. The van der Waals surface area contributed by atoms with Crippen LogP contribution in [0, 0.1) is 0 Å². The van der Waals surface area contributed by atoms with Crippen LogP contribution in [0.3, 0.4) is 0 Å². The van der Waals surface area contributed by atoms with Gasteiger partial charge in [-0.1, -0.05) is 39.7 Å². The smallest absolute Gasteiger partial charge is 0.126 e. The Morgan fingerprint density at radius 2 is 2.10 bits per heavy atom. The molecule has 1 aliphatic heterocycles. The minimum atomic E-state index is 0.0276. The Balaban J connectivity index is 1.96. The van der Waals surface area contributed by atoms with E-state index in [4.69, 9.17) is 16.3 Å². The van der Waals surface area contributed by atoms with Gasteiger partial charge in [-0.2, -0.15) is 0 Å². The highest BCUT2D eigenvalue weighted by Crippen LogP contribution is 2.41. The minimum Gasteiger partial charge on any atom is -0.485 e. The van der Waals surface area contributed by atoms with E-state index >= 15 is 0 Å². The fraction of sp³-hybridized carbons (Fsp3) is 0.250. The van der Waals surface area contributed by atoms with Crippen LogP contribution >= 0.6 is 27.5 Å². The molecule has 0 bridgehead atoms. The third kappa shape index (κ3) is 2.71. The summed E-state index contributed by atoms with van der Waals surface area (Å²) in [6, 6.07) is 14.3. The molecule has 0 spiro atoms. The minimum absolute atomic E-state index is 0.0276. The molecule has 20 heavy (non-hydrogen) atoms. The first kappa shape index (κ1) is 13.9. The molecule has 0 amide bonds. The molecule has 0 fully saturated rings. The van der Waals surface area contributed by atoms with Crippen LogP contribution in [0.5, 0.6) is 5.75 Å². The summed E-state index contributed by atoms with van der Waals surface area (Å²) in [5.74, 6) is 0.934. The zero-order chi connectivity index (χ0) is 14.1. The predicted molar refractivity (Wildman–Crippen MR) is 85.4 cm³/mol. The zero-order valence-electron chi connectivity index (χ0n) is 11.1. The third-order valence-corrected chi connectivity index (χ3v) is 4.36. The van der Waals surface area contributed by atoms with E-state index in [1.165, 1.54) is 5.56 Å². The van der Waals surface area contributed by atoms with Crippen molar-refractivity contribution in [3.8, 4) is 5.75 Å². The van der Waals surface area contributed by atoms with Gasteiger partial charge in [-0.3, -0.25) is 0 Å². The summed E-state index contributed by atoms with van der Waals surface area (Å²) in [5, 5.41) is 4.11. The summed E-state index contributed by atoms with van der Waals surface area (Å²) in [7, 11) is 1.98. The van der Waals surface area contributed by atoms with E-state index in [2.05, 4.69) is 33.4 Å². The molecule has 2 nitrogen and oxygen atoms in total. The molecule has 0 saturated carbocycles. The Morgan fingerprint density at radius 1 is 1.25 bits per heavy atom. The molecule has 1 aliphatic rings. The van der Waals surface area contributed by atoms with Gasteiger partial charge in [0.2, 0.25) is 0 Å². The van der Waals surface area contributed by atoms with Crippen LogP contribution in [0.25, 0.3) is 0 Å². The quantitative estimate of drug-likeness (QED) is 0.831. The molecule has 4 heteroatoms. The van der Waals surface area contributed by atoms with Crippen LogP contribution < -0.4 is 10.1 Å². The average Bonchev–Trinajstić information content (AvgIpc) is 2.46. The van der Waals surface area contributed by atoms with Crippen molar-refractivity contribution < 1.29 is 4.74 Å². The monoisotopic (exact) mass is 351 g/mol. The Labute approximate surface area is 132 Å². The second kappa shape index (κ2) is 5.76. The van der Waals surface area contributed by atoms with Crippen LogP contribution in [0.15, 0.2) is 46.9 Å². The zero-order valence-corrected chi connectivity index (χ0v) is 13.4. The van der Waals surface area contributed by atoms with E-state index in [0.717, 1.165) is 27.2 Å². The van der Waals surface area contributed by atoms with Gasteiger partial charge < -0.3 is 10.1 Å². The number of rotatable bonds is 2. The van der Waals surface area contributed by atoms with Crippen LogP contribution in [-0.2, 0) is 0 Å². The summed E-state index contributed by atoms with van der Waals surface area (Å²) < 4.78 is 7.21. The van der Waals surface area contributed by atoms with Crippen molar-refractivity contribution >= 4 is 27.5 Å². The number of halogens is 2. The van der Waals surface area contributed by atoms with E-state index in [9.17, 15) is 0 Å². The lowest BCUT2D eigenvalue weighted by Crippen LogP contribution is -2.26. The van der Waals surface area contributed by atoms with Crippen molar-refractivity contribution in [3.63, 3.8) is 0 Å². The Bertz CT molecular complexity index is 632. The number of ether oxygens (including phenoxy) is 1. The topological polar surface area (TPSA) is 21.3 Å². The highest BCUT2D eigenvalue weighted by atomic mass is 79.9. The number of fused-ring (bicyclic) bond motifs is 1. The maximum absolute atomic E-state index is 6.14. The van der Waals surface area contributed by atoms with E-state index in [0.29, 0.717) is 0 Å². The lowest BCUT2D eigenvalue weighted by Gasteiger charge is -2.32. The largest absolute Gasteiger partial charge is 0.485 e. The molecule has 2 aromatic rings. The molecule has 1 heterocycles. The number of benzene rings is 2. The summed E-state index contributed by atoms with van der Waals surface area (Å²) in [6.45, 7) is 0. The van der Waals surface area contributed by atoms with Gasteiger partial charge in [-0.25, -0.2) is 0 Å². The molecule has 0 aliphatic carbocycles. The average molecular weight is 353 g/mol. The molecular weight excluding hydrogens is 338 g/mol. The summed E-state index contributed by atoms with van der Waals surface area (Å²) >= 11 is 9.59. The molecule has 2 unspecified atom stereocenters. The number of hydrogen-bond acceptors (Lipinski definition) is 2. The van der Waals surface area contributed by atoms with Gasteiger partial charge in [0.1, 0.15) is 11.9 Å². The molecule has 0 aromatic heterocycles. The van der Waals surface area contributed by atoms with Gasteiger partial charge in [-0.05, 0) is 42.9 Å². The van der Waals surface area contributed by atoms with Gasteiger partial charge in [0.25, 0.3) is 0 Å². The van der Waals surface area contributed by atoms with Gasteiger partial charge in [0, 0.05) is 27.5 Å². The highest BCUT2D eigenvalue weighted by molar-refractivity contribution is 9.10. The molecule has 2 aromatic carbocycles. The van der Waals surface area contributed by atoms with E-state index < -0.39 is 0 Å². The van der Waals surface area contributed by atoms with E-state index in [1.807, 2.05) is 37.4 Å². The first-order chi connectivity index (χ1) is 9.67. The van der Waals surface area contributed by atoms with Crippen molar-refractivity contribution in [2.45, 2.75) is 18.6 Å². The van der Waals surface area contributed by atoms with Crippen LogP contribution in [0.2, 0.25) is 5.02 Å². The molecule has 1 N–H and O–H groups in total. The molecular formula is C16H15BrClNO. The fourth-order valence-electron chi connectivity index (χ4n) is 2.63. The third-order valence-electron chi connectivity index (χ3n) is 3.64. The van der Waals surface area contributed by atoms with Gasteiger partial charge in [0.15, 0.2) is 0 Å².